The molecule has 0 aliphatic carbocycles. The van der Waals surface area contributed by atoms with Crippen LogP contribution in [0.1, 0.15) is 28.3 Å². The summed E-state index contributed by atoms with van der Waals surface area (Å²) in [5.74, 6) is 0.140. The smallest absolute Gasteiger partial charge is 0.339 e. The van der Waals surface area contributed by atoms with Crippen LogP contribution in [0.5, 0.6) is 0 Å². The van der Waals surface area contributed by atoms with E-state index < -0.39 is 5.97 Å². The topological polar surface area (TPSA) is 80.3 Å². The van der Waals surface area contributed by atoms with Crippen molar-refractivity contribution in [3.8, 4) is 0 Å². The maximum atomic E-state index is 10.9. The molecule has 0 spiro atoms. The second-order valence-electron chi connectivity index (χ2n) is 4.29. The molecule has 0 atom stereocenters. The molecule has 102 valence electrons. The van der Waals surface area contributed by atoms with Crippen LogP contribution in [0.2, 0.25) is 0 Å². The first-order valence-corrected chi connectivity index (χ1v) is 6.17. The molecule has 2 N–H and O–H groups in total. The number of carboxylic acids is 1. The Kier molecular flexibility index (Phi) is 4.35. The quantitative estimate of drug-likeness (QED) is 0.743. The molecule has 0 aromatic carbocycles. The molecule has 0 fully saturated rings. The van der Waals surface area contributed by atoms with E-state index >= 15 is 0 Å². The zero-order valence-corrected chi connectivity index (χ0v) is 10.8. The largest absolute Gasteiger partial charge is 0.478 e. The predicted molar refractivity (Wildman–Crippen MR) is 69.0 cm³/mol. The third-order valence-corrected chi connectivity index (χ3v) is 2.80. The number of nitrogens with zero attached hydrogens (tertiary/aromatic N) is 2. The van der Waals surface area contributed by atoms with Crippen molar-refractivity contribution in [3.63, 3.8) is 0 Å². The Morgan fingerprint density at radius 3 is 3.05 bits per heavy atom. The van der Waals surface area contributed by atoms with E-state index in [1.807, 2.05) is 16.9 Å². The summed E-state index contributed by atoms with van der Waals surface area (Å²) in [6.07, 6.45) is 4.63. The van der Waals surface area contributed by atoms with Crippen molar-refractivity contribution in [2.75, 3.05) is 6.54 Å². The van der Waals surface area contributed by atoms with Gasteiger partial charge in [0.05, 0.1) is 6.54 Å². The molecule has 2 heterocycles. The Balaban J connectivity index is 1.71. The van der Waals surface area contributed by atoms with Crippen molar-refractivity contribution in [2.24, 2.45) is 0 Å². The monoisotopic (exact) mass is 263 g/mol. The van der Waals surface area contributed by atoms with E-state index in [0.717, 1.165) is 19.5 Å². The number of hydrogen-bond donors (Lipinski definition) is 2. The van der Waals surface area contributed by atoms with Gasteiger partial charge in [0.25, 0.3) is 0 Å². The highest BCUT2D eigenvalue weighted by Crippen LogP contribution is 2.14. The van der Waals surface area contributed by atoms with Crippen molar-refractivity contribution < 1.29 is 14.3 Å². The number of rotatable bonds is 7. The molecule has 0 aliphatic heterocycles. The first-order valence-electron chi connectivity index (χ1n) is 6.17. The first kappa shape index (κ1) is 13.4. The number of nitrogens with one attached hydrogen (secondary N) is 1. The first-order chi connectivity index (χ1) is 9.16. The van der Waals surface area contributed by atoms with Gasteiger partial charge in [-0.3, -0.25) is 4.68 Å². The van der Waals surface area contributed by atoms with Gasteiger partial charge in [0.15, 0.2) is 0 Å². The molecule has 6 nitrogen and oxygen atoms in total. The average molecular weight is 263 g/mol. The maximum absolute atomic E-state index is 10.9. The van der Waals surface area contributed by atoms with E-state index in [2.05, 4.69) is 10.4 Å². The summed E-state index contributed by atoms with van der Waals surface area (Å²) in [7, 11) is 0. The molecule has 0 amide bonds. The summed E-state index contributed by atoms with van der Waals surface area (Å²) in [6, 6.07) is 3.46. The van der Waals surface area contributed by atoms with Gasteiger partial charge in [-0.05, 0) is 32.0 Å². The zero-order valence-electron chi connectivity index (χ0n) is 10.8. The Morgan fingerprint density at radius 1 is 1.58 bits per heavy atom. The minimum Gasteiger partial charge on any atom is -0.478 e. The van der Waals surface area contributed by atoms with Crippen LogP contribution in [0.3, 0.4) is 0 Å². The molecule has 0 radical (unpaired) electrons. The van der Waals surface area contributed by atoms with Crippen molar-refractivity contribution in [1.29, 1.82) is 0 Å². The fourth-order valence-electron chi connectivity index (χ4n) is 1.85. The highest BCUT2D eigenvalue weighted by molar-refractivity contribution is 5.88. The van der Waals surface area contributed by atoms with Gasteiger partial charge in [-0.1, -0.05) is 0 Å². The maximum Gasteiger partial charge on any atom is 0.339 e. The standard InChI is InChI=1S/C13H17N3O3/c1-10-12(13(17)18)8-11(19-10)9-14-4-2-6-16-7-3-5-15-16/h3,5,7-8,14H,2,4,6,9H2,1H3,(H,17,18). The molecule has 2 aromatic heterocycles. The van der Waals surface area contributed by atoms with E-state index in [1.54, 1.807) is 19.2 Å². The second kappa shape index (κ2) is 6.19. The fraction of sp³-hybridized carbons (Fsp3) is 0.385. The van der Waals surface area contributed by atoms with E-state index in [9.17, 15) is 4.79 Å². The van der Waals surface area contributed by atoms with Crippen LogP contribution in [0, 0.1) is 6.92 Å². The van der Waals surface area contributed by atoms with E-state index in [1.165, 1.54) is 0 Å². The van der Waals surface area contributed by atoms with Crippen LogP contribution in [-0.4, -0.2) is 27.4 Å². The Bertz CT molecular complexity index is 531. The van der Waals surface area contributed by atoms with Gasteiger partial charge in [0.1, 0.15) is 17.1 Å². The van der Waals surface area contributed by atoms with Gasteiger partial charge in [-0.2, -0.15) is 5.10 Å². The van der Waals surface area contributed by atoms with Gasteiger partial charge in [-0.15, -0.1) is 0 Å². The Morgan fingerprint density at radius 2 is 2.42 bits per heavy atom. The normalized spacial score (nSPS) is 10.8. The van der Waals surface area contributed by atoms with Crippen LogP contribution >= 0.6 is 0 Å². The van der Waals surface area contributed by atoms with Crippen molar-refractivity contribution in [1.82, 2.24) is 15.1 Å². The number of carbonyl (C=O) groups is 1. The summed E-state index contributed by atoms with van der Waals surface area (Å²) in [5.41, 5.74) is 0.230. The number of hydrogen-bond acceptors (Lipinski definition) is 4. The third kappa shape index (κ3) is 3.69. The molecule has 2 aromatic rings. The lowest BCUT2D eigenvalue weighted by molar-refractivity contribution is 0.0695. The van der Waals surface area contributed by atoms with Crippen molar-refractivity contribution in [3.05, 3.63) is 41.6 Å². The highest BCUT2D eigenvalue weighted by atomic mass is 16.4. The second-order valence-corrected chi connectivity index (χ2v) is 4.29. The molecule has 0 saturated carbocycles. The lowest BCUT2D eigenvalue weighted by Gasteiger charge is -2.03. The molecule has 0 saturated heterocycles. The van der Waals surface area contributed by atoms with Gasteiger partial charge in [0.2, 0.25) is 0 Å². The number of aromatic nitrogens is 2. The molecular formula is C13H17N3O3. The molecule has 0 unspecified atom stereocenters. The summed E-state index contributed by atoms with van der Waals surface area (Å²) in [5, 5.41) is 16.2. The summed E-state index contributed by atoms with van der Waals surface area (Å²) >= 11 is 0. The van der Waals surface area contributed by atoms with Gasteiger partial charge in [0, 0.05) is 18.9 Å². The number of aromatic carboxylic acids is 1. The van der Waals surface area contributed by atoms with Crippen LogP contribution in [0.4, 0.5) is 0 Å². The Hall–Kier alpha value is -2.08. The van der Waals surface area contributed by atoms with Gasteiger partial charge in [-0.25, -0.2) is 4.79 Å². The molecule has 6 heteroatoms. The number of furan rings is 1. The highest BCUT2D eigenvalue weighted by Gasteiger charge is 2.12. The Labute approximate surface area is 111 Å². The molecule has 19 heavy (non-hydrogen) atoms. The minimum absolute atomic E-state index is 0.230. The number of aryl methyl sites for hydroxylation is 2. The van der Waals surface area contributed by atoms with Crippen LogP contribution < -0.4 is 5.32 Å². The summed E-state index contributed by atoms with van der Waals surface area (Å²) < 4.78 is 7.24. The molecular weight excluding hydrogens is 246 g/mol. The predicted octanol–water partition coefficient (Wildman–Crippen LogP) is 1.66. The SMILES string of the molecule is Cc1oc(CNCCCn2cccn2)cc1C(=O)O. The van der Waals surface area contributed by atoms with Crippen LogP contribution in [-0.2, 0) is 13.1 Å². The fourth-order valence-corrected chi connectivity index (χ4v) is 1.85. The van der Waals surface area contributed by atoms with Crippen molar-refractivity contribution in [2.45, 2.75) is 26.4 Å². The number of carboxylic acid groups (broad SMARTS) is 1. The molecule has 0 bridgehead atoms. The zero-order chi connectivity index (χ0) is 13.7. The summed E-state index contributed by atoms with van der Waals surface area (Å²) in [6.45, 7) is 3.87. The van der Waals surface area contributed by atoms with E-state index in [4.69, 9.17) is 9.52 Å². The minimum atomic E-state index is -0.953. The van der Waals surface area contributed by atoms with Gasteiger partial charge < -0.3 is 14.8 Å². The average Bonchev–Trinajstić information content (AvgIpc) is 2.98. The van der Waals surface area contributed by atoms with E-state index in [0.29, 0.717) is 18.1 Å². The molecule has 2 rings (SSSR count). The lowest BCUT2D eigenvalue weighted by Crippen LogP contribution is -2.16. The van der Waals surface area contributed by atoms with Crippen LogP contribution in [0.15, 0.2) is 28.9 Å². The third-order valence-electron chi connectivity index (χ3n) is 2.80. The summed E-state index contributed by atoms with van der Waals surface area (Å²) in [4.78, 5) is 10.9. The van der Waals surface area contributed by atoms with Crippen molar-refractivity contribution >= 4 is 5.97 Å². The lowest BCUT2D eigenvalue weighted by atomic mass is 10.2. The van der Waals surface area contributed by atoms with Crippen LogP contribution in [0.25, 0.3) is 0 Å². The van der Waals surface area contributed by atoms with Gasteiger partial charge >= 0.3 is 5.97 Å². The molecule has 0 aliphatic rings. The van der Waals surface area contributed by atoms with E-state index in [-0.39, 0.29) is 5.56 Å².